The molecule has 4 aliphatic rings. The van der Waals surface area contributed by atoms with E-state index in [1.165, 1.54) is 11.3 Å². The molecule has 1 atom stereocenters. The monoisotopic (exact) mass is 331 g/mol. The van der Waals surface area contributed by atoms with Crippen molar-refractivity contribution in [1.82, 2.24) is 9.88 Å². The van der Waals surface area contributed by atoms with Crippen molar-refractivity contribution < 1.29 is 13.9 Å². The Morgan fingerprint density at radius 3 is 2.83 bits per heavy atom. The summed E-state index contributed by atoms with van der Waals surface area (Å²) in [5, 5.41) is 1.93. The molecule has 4 aliphatic heterocycles. The number of amides is 1. The quantitative estimate of drug-likeness (QED) is 0.847. The van der Waals surface area contributed by atoms with Crippen molar-refractivity contribution in [2.24, 2.45) is 5.92 Å². The maximum absolute atomic E-state index is 12.4. The van der Waals surface area contributed by atoms with E-state index in [0.29, 0.717) is 24.1 Å². The fourth-order valence-electron chi connectivity index (χ4n) is 4.13. The molecule has 6 rings (SSSR count). The molecule has 23 heavy (non-hydrogen) atoms. The van der Waals surface area contributed by atoms with Crippen LogP contribution in [0.1, 0.15) is 12.8 Å². The van der Waals surface area contributed by atoms with Crippen LogP contribution in [0.2, 0.25) is 0 Å². The number of carbonyl (C=O) groups excluding carboxylic acids is 1. The molecule has 2 aromatic heterocycles. The Morgan fingerprint density at radius 2 is 2.13 bits per heavy atom. The second-order valence-corrected chi connectivity index (χ2v) is 7.30. The van der Waals surface area contributed by atoms with Gasteiger partial charge in [0.2, 0.25) is 5.88 Å². The summed E-state index contributed by atoms with van der Waals surface area (Å²) in [6.45, 7) is 3.67. The first-order chi connectivity index (χ1) is 11.2. The highest BCUT2D eigenvalue weighted by molar-refractivity contribution is 7.07. The lowest BCUT2D eigenvalue weighted by Gasteiger charge is -2.49. The van der Waals surface area contributed by atoms with E-state index in [4.69, 9.17) is 9.15 Å². The Kier molecular flexibility index (Phi) is 2.84. The summed E-state index contributed by atoms with van der Waals surface area (Å²) in [6, 6.07) is 3.69. The van der Waals surface area contributed by atoms with Crippen LogP contribution in [0.15, 0.2) is 27.4 Å². The highest BCUT2D eigenvalue weighted by Crippen LogP contribution is 2.43. The van der Waals surface area contributed by atoms with Gasteiger partial charge in [-0.3, -0.25) is 4.90 Å². The third-order valence-electron chi connectivity index (χ3n) is 5.30. The Bertz CT molecular complexity index is 736. The van der Waals surface area contributed by atoms with Gasteiger partial charge in [-0.2, -0.15) is 0 Å². The minimum atomic E-state index is -0.360. The molecule has 120 valence electrons. The van der Waals surface area contributed by atoms with E-state index in [0.717, 1.165) is 38.2 Å². The summed E-state index contributed by atoms with van der Waals surface area (Å²) in [5.74, 6) is 1.70. The number of rotatable bonds is 2. The first-order valence-electron chi connectivity index (χ1n) is 7.95. The smallest absolute Gasteiger partial charge is 0.417 e. The number of fused-ring (bicyclic) bond motifs is 2. The molecule has 0 saturated carbocycles. The number of furan rings is 1. The number of hydrogen-bond acceptors (Lipinski definition) is 6. The average Bonchev–Trinajstić information content (AvgIpc) is 3.28. The SMILES string of the molecule is O=C1O[C@]2(CN3CCC2CC3)CN1c1ccc(-c2cscn2)o1. The molecule has 0 aliphatic carbocycles. The van der Waals surface area contributed by atoms with Crippen molar-refractivity contribution in [2.45, 2.75) is 18.4 Å². The zero-order valence-corrected chi connectivity index (χ0v) is 13.4. The normalized spacial score (nSPS) is 32.7. The van der Waals surface area contributed by atoms with Crippen LogP contribution in [0.4, 0.5) is 10.7 Å². The number of piperidine rings is 3. The Hall–Kier alpha value is -1.86. The lowest BCUT2D eigenvalue weighted by atomic mass is 9.75. The molecule has 2 aromatic rings. The van der Waals surface area contributed by atoms with Gasteiger partial charge < -0.3 is 9.15 Å². The molecular weight excluding hydrogens is 314 g/mol. The maximum atomic E-state index is 12.4. The van der Waals surface area contributed by atoms with Crippen molar-refractivity contribution in [3.05, 3.63) is 23.0 Å². The molecule has 6 heterocycles. The van der Waals surface area contributed by atoms with E-state index in [1.54, 1.807) is 10.4 Å². The third-order valence-corrected chi connectivity index (χ3v) is 5.89. The second kappa shape index (κ2) is 4.82. The van der Waals surface area contributed by atoms with E-state index < -0.39 is 0 Å². The molecule has 4 saturated heterocycles. The van der Waals surface area contributed by atoms with Crippen molar-refractivity contribution in [1.29, 1.82) is 0 Å². The summed E-state index contributed by atoms with van der Waals surface area (Å²) < 4.78 is 11.7. The molecule has 4 fully saturated rings. The number of carbonyl (C=O) groups is 1. The molecule has 6 nitrogen and oxygen atoms in total. The van der Waals surface area contributed by atoms with Gasteiger partial charge in [-0.15, -0.1) is 11.3 Å². The molecule has 1 amide bonds. The number of nitrogens with zero attached hydrogens (tertiary/aromatic N) is 3. The minimum Gasteiger partial charge on any atom is -0.439 e. The van der Waals surface area contributed by atoms with Crippen LogP contribution in [0.3, 0.4) is 0 Å². The first kappa shape index (κ1) is 13.6. The number of hydrogen-bond donors (Lipinski definition) is 0. The zero-order chi connectivity index (χ0) is 15.4. The second-order valence-electron chi connectivity index (χ2n) is 6.58. The van der Waals surface area contributed by atoms with Gasteiger partial charge in [0, 0.05) is 23.9 Å². The number of anilines is 1. The van der Waals surface area contributed by atoms with Crippen LogP contribution in [-0.4, -0.2) is 47.8 Å². The van der Waals surface area contributed by atoms with Crippen molar-refractivity contribution in [3.8, 4) is 11.5 Å². The van der Waals surface area contributed by atoms with Gasteiger partial charge in [-0.1, -0.05) is 0 Å². The minimum absolute atomic E-state index is 0.294. The third kappa shape index (κ3) is 2.03. The topological polar surface area (TPSA) is 58.8 Å². The fourth-order valence-corrected chi connectivity index (χ4v) is 4.67. The van der Waals surface area contributed by atoms with Gasteiger partial charge in [-0.05, 0) is 32.0 Å². The van der Waals surface area contributed by atoms with E-state index in [1.807, 2.05) is 17.5 Å². The standard InChI is InChI=1S/C16H17N3O3S/c20-15-19(14-2-1-13(21-14)12-7-23-10-17-12)9-16(22-15)8-18-5-3-11(16)4-6-18/h1-2,7,10-11H,3-6,8-9H2/t16-/m1/s1. The van der Waals surface area contributed by atoms with Crippen LogP contribution in [0, 0.1) is 5.92 Å². The first-order valence-corrected chi connectivity index (χ1v) is 8.89. The summed E-state index contributed by atoms with van der Waals surface area (Å²) in [4.78, 5) is 20.7. The predicted molar refractivity (Wildman–Crippen MR) is 85.5 cm³/mol. The molecule has 1 spiro atoms. The number of aromatic nitrogens is 1. The van der Waals surface area contributed by atoms with E-state index in [2.05, 4.69) is 9.88 Å². The summed E-state index contributed by atoms with van der Waals surface area (Å²) in [6.07, 6.45) is 1.94. The van der Waals surface area contributed by atoms with E-state index in [9.17, 15) is 4.79 Å². The zero-order valence-electron chi connectivity index (χ0n) is 12.6. The Morgan fingerprint density at radius 1 is 1.26 bits per heavy atom. The number of thiazole rings is 1. The molecule has 0 aromatic carbocycles. The molecule has 0 N–H and O–H groups in total. The Balaban J connectivity index is 1.43. The number of ether oxygens (including phenoxy) is 1. The van der Waals surface area contributed by atoms with Gasteiger partial charge in [0.25, 0.3) is 0 Å². The molecule has 0 unspecified atom stereocenters. The predicted octanol–water partition coefficient (Wildman–Crippen LogP) is 2.82. The van der Waals surface area contributed by atoms with Crippen LogP contribution in [0.5, 0.6) is 0 Å². The van der Waals surface area contributed by atoms with Crippen LogP contribution in [0.25, 0.3) is 11.5 Å². The van der Waals surface area contributed by atoms with Gasteiger partial charge in [-0.25, -0.2) is 14.7 Å². The van der Waals surface area contributed by atoms with E-state index in [-0.39, 0.29) is 11.7 Å². The van der Waals surface area contributed by atoms with Crippen LogP contribution in [-0.2, 0) is 4.74 Å². The lowest BCUT2D eigenvalue weighted by molar-refractivity contribution is -0.0881. The van der Waals surface area contributed by atoms with Gasteiger partial charge in [0.1, 0.15) is 11.3 Å². The average molecular weight is 331 g/mol. The van der Waals surface area contributed by atoms with Gasteiger partial charge >= 0.3 is 6.09 Å². The van der Waals surface area contributed by atoms with Crippen molar-refractivity contribution in [3.63, 3.8) is 0 Å². The molecule has 0 radical (unpaired) electrons. The van der Waals surface area contributed by atoms with Gasteiger partial charge in [0.15, 0.2) is 5.76 Å². The molecular formula is C16H17N3O3S. The summed E-state index contributed by atoms with van der Waals surface area (Å²) in [5.41, 5.74) is 2.21. The largest absolute Gasteiger partial charge is 0.439 e. The van der Waals surface area contributed by atoms with Crippen molar-refractivity contribution in [2.75, 3.05) is 31.1 Å². The fraction of sp³-hybridized carbons (Fsp3) is 0.500. The van der Waals surface area contributed by atoms with Crippen LogP contribution < -0.4 is 4.90 Å². The van der Waals surface area contributed by atoms with Crippen LogP contribution >= 0.6 is 11.3 Å². The lowest BCUT2D eigenvalue weighted by Crippen LogP contribution is -2.61. The highest BCUT2D eigenvalue weighted by Gasteiger charge is 2.56. The maximum Gasteiger partial charge on any atom is 0.417 e. The molecule has 7 heteroatoms. The molecule has 2 bridgehead atoms. The highest BCUT2D eigenvalue weighted by atomic mass is 32.1. The summed E-state index contributed by atoms with van der Waals surface area (Å²) >= 11 is 1.52. The summed E-state index contributed by atoms with van der Waals surface area (Å²) in [7, 11) is 0. The Labute approximate surface area is 137 Å². The van der Waals surface area contributed by atoms with Crippen molar-refractivity contribution >= 4 is 23.3 Å². The van der Waals surface area contributed by atoms with Gasteiger partial charge in [0.05, 0.1) is 12.1 Å². The van der Waals surface area contributed by atoms with E-state index >= 15 is 0 Å².